The summed E-state index contributed by atoms with van der Waals surface area (Å²) in [6, 6.07) is 11.4. The van der Waals surface area contributed by atoms with Gasteiger partial charge in [0.15, 0.2) is 5.82 Å². The number of aromatic nitrogens is 2. The van der Waals surface area contributed by atoms with Crippen molar-refractivity contribution in [2.45, 2.75) is 43.8 Å². The fourth-order valence-corrected chi connectivity index (χ4v) is 6.25. The Labute approximate surface area is 196 Å². The molecule has 2 aromatic rings. The third-order valence-electron chi connectivity index (χ3n) is 8.12. The van der Waals surface area contributed by atoms with Crippen molar-refractivity contribution >= 4 is 11.5 Å². The Bertz CT molecular complexity index is 971. The normalized spacial score (nSPS) is 25.3. The van der Waals surface area contributed by atoms with Crippen LogP contribution in [0.1, 0.15) is 25.7 Å². The molecule has 4 aliphatic heterocycles. The number of benzene rings is 1. The Hall–Kier alpha value is -2.42. The lowest BCUT2D eigenvalue weighted by atomic mass is 9.96. The molecule has 3 saturated heterocycles. The summed E-state index contributed by atoms with van der Waals surface area (Å²) in [6.45, 7) is 8.97. The number of nitrogens with one attached hydrogen (secondary N) is 2. The van der Waals surface area contributed by atoms with Crippen molar-refractivity contribution in [3.05, 3.63) is 30.3 Å². The summed E-state index contributed by atoms with van der Waals surface area (Å²) in [6.07, 6.45) is 5.21. The fraction of sp³-hybridized carbons (Fsp3) is 0.600. The zero-order valence-electron chi connectivity index (χ0n) is 19.3. The molecule has 1 aromatic carbocycles. The summed E-state index contributed by atoms with van der Waals surface area (Å²) < 4.78 is 0. The molecule has 0 aliphatic carbocycles. The van der Waals surface area contributed by atoms with E-state index in [2.05, 4.69) is 41.6 Å². The molecule has 0 saturated carbocycles. The van der Waals surface area contributed by atoms with Crippen LogP contribution in [0.5, 0.6) is 5.75 Å². The van der Waals surface area contributed by atoms with Crippen molar-refractivity contribution in [2.75, 3.05) is 62.6 Å². The van der Waals surface area contributed by atoms with Gasteiger partial charge in [-0.15, -0.1) is 10.2 Å². The molecule has 0 bridgehead atoms. The third-order valence-corrected chi connectivity index (χ3v) is 8.12. The van der Waals surface area contributed by atoms with E-state index in [0.717, 1.165) is 55.0 Å². The summed E-state index contributed by atoms with van der Waals surface area (Å²) in [7, 11) is 0. The molecule has 0 unspecified atom stereocenters. The van der Waals surface area contributed by atoms with Crippen molar-refractivity contribution in [2.24, 2.45) is 0 Å². The Balaban J connectivity index is 1.12. The van der Waals surface area contributed by atoms with Gasteiger partial charge in [0, 0.05) is 43.8 Å². The van der Waals surface area contributed by atoms with Gasteiger partial charge in [-0.05, 0) is 70.1 Å². The summed E-state index contributed by atoms with van der Waals surface area (Å²) in [5, 5.41) is 26.1. The Morgan fingerprint density at radius 2 is 1.64 bits per heavy atom. The van der Waals surface area contributed by atoms with E-state index < -0.39 is 0 Å². The summed E-state index contributed by atoms with van der Waals surface area (Å²) in [4.78, 5) is 8.00. The zero-order valence-corrected chi connectivity index (χ0v) is 19.3. The topological polar surface area (TPSA) is 79.8 Å². The maximum Gasteiger partial charge on any atom is 0.172 e. The molecule has 0 amide bonds. The van der Waals surface area contributed by atoms with E-state index in [-0.39, 0.29) is 5.75 Å². The molecule has 0 radical (unpaired) electrons. The number of hydrogen-bond acceptors (Lipinski definition) is 8. The number of phenolic OH excluding ortho intramolecular Hbond substituents is 1. The van der Waals surface area contributed by atoms with Crippen LogP contribution in [0.25, 0.3) is 11.3 Å². The van der Waals surface area contributed by atoms with Crippen LogP contribution in [0.15, 0.2) is 30.3 Å². The summed E-state index contributed by atoms with van der Waals surface area (Å²) >= 11 is 0. The van der Waals surface area contributed by atoms with Crippen molar-refractivity contribution in [1.82, 2.24) is 25.3 Å². The number of phenols is 1. The molecule has 8 heteroatoms. The minimum Gasteiger partial charge on any atom is -0.507 e. The highest BCUT2D eigenvalue weighted by Gasteiger charge is 2.37. The van der Waals surface area contributed by atoms with Gasteiger partial charge >= 0.3 is 0 Å². The molecule has 0 spiro atoms. The first-order valence-corrected chi connectivity index (χ1v) is 12.6. The van der Waals surface area contributed by atoms with Gasteiger partial charge in [0.25, 0.3) is 0 Å². The van der Waals surface area contributed by atoms with E-state index in [1.807, 2.05) is 18.2 Å². The highest BCUT2D eigenvalue weighted by molar-refractivity contribution is 5.76. The molecule has 176 valence electrons. The van der Waals surface area contributed by atoms with Crippen molar-refractivity contribution in [3.63, 3.8) is 0 Å². The fourth-order valence-electron chi connectivity index (χ4n) is 6.25. The largest absolute Gasteiger partial charge is 0.507 e. The second-order valence-corrected chi connectivity index (χ2v) is 9.95. The molecule has 6 rings (SSSR count). The summed E-state index contributed by atoms with van der Waals surface area (Å²) in [5.74, 6) is 1.10. The van der Waals surface area contributed by atoms with E-state index >= 15 is 0 Å². The number of fused-ring (bicyclic) bond motifs is 3. The lowest BCUT2D eigenvalue weighted by molar-refractivity contribution is 0.0636. The maximum atomic E-state index is 10.3. The van der Waals surface area contributed by atoms with E-state index in [4.69, 9.17) is 0 Å². The first-order valence-electron chi connectivity index (χ1n) is 12.6. The van der Waals surface area contributed by atoms with Gasteiger partial charge in [0.2, 0.25) is 0 Å². The second-order valence-electron chi connectivity index (χ2n) is 9.95. The first kappa shape index (κ1) is 21.1. The van der Waals surface area contributed by atoms with Gasteiger partial charge in [-0.3, -0.25) is 4.90 Å². The van der Waals surface area contributed by atoms with Crippen LogP contribution in [-0.4, -0.2) is 95.6 Å². The first-order chi connectivity index (χ1) is 16.3. The quantitative estimate of drug-likeness (QED) is 0.657. The van der Waals surface area contributed by atoms with Crippen molar-refractivity contribution in [3.8, 4) is 17.0 Å². The van der Waals surface area contributed by atoms with Gasteiger partial charge in [-0.25, -0.2) is 0 Å². The van der Waals surface area contributed by atoms with Gasteiger partial charge in [-0.1, -0.05) is 12.1 Å². The van der Waals surface area contributed by atoms with E-state index in [1.165, 1.54) is 51.9 Å². The van der Waals surface area contributed by atoms with Crippen molar-refractivity contribution < 1.29 is 5.11 Å². The molecule has 3 N–H and O–H groups in total. The van der Waals surface area contributed by atoms with Gasteiger partial charge in [0.1, 0.15) is 5.75 Å². The maximum absolute atomic E-state index is 10.3. The number of rotatable bonds is 3. The number of aromatic hydroxyl groups is 1. The van der Waals surface area contributed by atoms with E-state index in [1.54, 1.807) is 6.07 Å². The van der Waals surface area contributed by atoms with Crippen LogP contribution in [0.4, 0.5) is 11.5 Å². The predicted octanol–water partition coefficient (Wildman–Crippen LogP) is 1.98. The lowest BCUT2D eigenvalue weighted by Crippen LogP contribution is -2.61. The van der Waals surface area contributed by atoms with Gasteiger partial charge in [0.05, 0.1) is 17.4 Å². The van der Waals surface area contributed by atoms with Crippen LogP contribution >= 0.6 is 0 Å². The number of hydrogen-bond donors (Lipinski definition) is 3. The highest BCUT2D eigenvalue weighted by Crippen LogP contribution is 2.36. The molecule has 3 fully saturated rings. The number of anilines is 2. The zero-order chi connectivity index (χ0) is 22.2. The second kappa shape index (κ2) is 9.08. The number of piperidine rings is 2. The number of nitrogens with zero attached hydrogens (tertiary/aromatic N) is 5. The Morgan fingerprint density at radius 1 is 0.848 bits per heavy atom. The molecule has 1 aromatic heterocycles. The number of likely N-dealkylation sites (tertiary alicyclic amines) is 1. The predicted molar refractivity (Wildman–Crippen MR) is 131 cm³/mol. The smallest absolute Gasteiger partial charge is 0.172 e. The average molecular weight is 450 g/mol. The standard InChI is InChI=1S/C25H35N7O/c33-24-4-2-1-3-21(24)22-15-23-25(29-28-22)27-16-20-17-31(13-14-32(20)23)19-7-11-30(12-8-19)18-5-9-26-10-6-18/h1-4,15,18-20,26,33H,5-14,16-17H2,(H,27,29)/t20-/m0/s1. The minimum atomic E-state index is 0.243. The third kappa shape index (κ3) is 4.16. The van der Waals surface area contributed by atoms with E-state index in [9.17, 15) is 5.11 Å². The summed E-state index contributed by atoms with van der Waals surface area (Å²) in [5.41, 5.74) is 2.57. The molecular weight excluding hydrogens is 414 g/mol. The van der Waals surface area contributed by atoms with Crippen molar-refractivity contribution in [1.29, 1.82) is 0 Å². The highest BCUT2D eigenvalue weighted by atomic mass is 16.3. The minimum absolute atomic E-state index is 0.243. The average Bonchev–Trinajstić information content (AvgIpc) is 2.89. The molecule has 33 heavy (non-hydrogen) atoms. The number of piperazine rings is 1. The molecular formula is C25H35N7O. The van der Waals surface area contributed by atoms with Crippen LogP contribution < -0.4 is 15.5 Å². The SMILES string of the molecule is Oc1ccccc1-c1cc2c(nn1)NC[C@H]1CN(C3CCN(C4CCNCC4)CC3)CCN21. The molecule has 5 heterocycles. The molecule has 1 atom stereocenters. The van der Waals surface area contributed by atoms with Crippen LogP contribution in [0, 0.1) is 0 Å². The van der Waals surface area contributed by atoms with E-state index in [0.29, 0.717) is 12.1 Å². The monoisotopic (exact) mass is 449 g/mol. The van der Waals surface area contributed by atoms with Crippen LogP contribution in [-0.2, 0) is 0 Å². The lowest BCUT2D eigenvalue weighted by Gasteiger charge is -2.49. The van der Waals surface area contributed by atoms with Gasteiger partial charge < -0.3 is 25.5 Å². The van der Waals surface area contributed by atoms with Crippen LogP contribution in [0.3, 0.4) is 0 Å². The number of para-hydroxylation sites is 1. The molecule has 4 aliphatic rings. The Kier molecular flexibility index (Phi) is 5.82. The Morgan fingerprint density at radius 3 is 2.45 bits per heavy atom. The molecule has 8 nitrogen and oxygen atoms in total. The van der Waals surface area contributed by atoms with Gasteiger partial charge in [-0.2, -0.15) is 0 Å². The van der Waals surface area contributed by atoms with Crippen LogP contribution in [0.2, 0.25) is 0 Å².